The van der Waals surface area contributed by atoms with Crippen LogP contribution in [0.5, 0.6) is 0 Å². The molecule has 1 unspecified atom stereocenters. The fraction of sp³-hybridized carbons (Fsp3) is 0.583. The average Bonchev–Trinajstić information content (AvgIpc) is 2.35. The summed E-state index contributed by atoms with van der Waals surface area (Å²) in [6, 6.07) is 1.95. The van der Waals surface area contributed by atoms with E-state index in [4.69, 9.17) is 0 Å². The highest BCUT2D eigenvalue weighted by Crippen LogP contribution is 2.08. The van der Waals surface area contributed by atoms with Crippen LogP contribution in [-0.4, -0.2) is 27.5 Å². The van der Waals surface area contributed by atoms with Crippen LogP contribution in [0.2, 0.25) is 0 Å². The molecule has 1 aromatic heterocycles. The van der Waals surface area contributed by atoms with Gasteiger partial charge in [-0.25, -0.2) is 0 Å². The first-order valence-corrected chi connectivity index (χ1v) is 6.94. The quantitative estimate of drug-likeness (QED) is 0.849. The highest BCUT2D eigenvalue weighted by molar-refractivity contribution is 9.09. The summed E-state index contributed by atoms with van der Waals surface area (Å²) in [5.41, 5.74) is 2.15. The lowest BCUT2D eigenvalue weighted by molar-refractivity contribution is 0.0938. The molecule has 1 aromatic rings. The number of carbonyl (C=O) groups is 1. The third kappa shape index (κ3) is 3.77. The summed E-state index contributed by atoms with van der Waals surface area (Å²) >= 11 is 3.38. The predicted molar refractivity (Wildman–Crippen MR) is 71.5 cm³/mol. The SMILES string of the molecule is CCc1nnc(C)cc1C(=O)NC(CC)CBr. The monoisotopic (exact) mass is 299 g/mol. The molecule has 5 heteroatoms. The molecule has 0 saturated carbocycles. The van der Waals surface area contributed by atoms with Crippen molar-refractivity contribution in [1.29, 1.82) is 0 Å². The van der Waals surface area contributed by atoms with Gasteiger partial charge in [-0.05, 0) is 25.8 Å². The van der Waals surface area contributed by atoms with Gasteiger partial charge in [0.15, 0.2) is 0 Å². The van der Waals surface area contributed by atoms with Crippen LogP contribution in [0.25, 0.3) is 0 Å². The number of alkyl halides is 1. The van der Waals surface area contributed by atoms with E-state index in [9.17, 15) is 4.79 Å². The normalized spacial score (nSPS) is 12.2. The molecule has 0 aliphatic heterocycles. The van der Waals surface area contributed by atoms with Crippen molar-refractivity contribution in [3.05, 3.63) is 23.0 Å². The standard InChI is InChI=1S/C12H18BrN3O/c1-4-9(7-13)14-12(17)10-6-8(3)15-16-11(10)5-2/h6,9H,4-5,7H2,1-3H3,(H,14,17). The zero-order valence-electron chi connectivity index (χ0n) is 10.5. The Hall–Kier alpha value is -0.970. The Kier molecular flexibility index (Phi) is 5.55. The second-order valence-electron chi connectivity index (χ2n) is 3.93. The Morgan fingerprint density at radius 3 is 2.71 bits per heavy atom. The van der Waals surface area contributed by atoms with Crippen molar-refractivity contribution < 1.29 is 4.79 Å². The minimum absolute atomic E-state index is 0.0637. The van der Waals surface area contributed by atoms with E-state index in [2.05, 4.69) is 31.4 Å². The number of amides is 1. The smallest absolute Gasteiger partial charge is 0.253 e. The molecule has 1 rings (SSSR count). The minimum Gasteiger partial charge on any atom is -0.348 e. The van der Waals surface area contributed by atoms with Gasteiger partial charge in [-0.3, -0.25) is 4.79 Å². The van der Waals surface area contributed by atoms with Crippen molar-refractivity contribution in [1.82, 2.24) is 15.5 Å². The molecule has 0 aliphatic rings. The van der Waals surface area contributed by atoms with Crippen molar-refractivity contribution in [3.63, 3.8) is 0 Å². The average molecular weight is 300 g/mol. The lowest BCUT2D eigenvalue weighted by Gasteiger charge is -2.15. The molecule has 0 aromatic carbocycles. The number of nitrogens with zero attached hydrogens (tertiary/aromatic N) is 2. The number of nitrogens with one attached hydrogen (secondary N) is 1. The fourth-order valence-corrected chi connectivity index (χ4v) is 2.10. The summed E-state index contributed by atoms with van der Waals surface area (Å²) < 4.78 is 0. The molecule has 0 spiro atoms. The molecular formula is C12H18BrN3O. The number of aromatic nitrogens is 2. The molecule has 0 saturated heterocycles. The van der Waals surface area contributed by atoms with Gasteiger partial charge in [0.05, 0.1) is 17.0 Å². The summed E-state index contributed by atoms with van der Waals surface area (Å²) in [5, 5.41) is 11.8. The Labute approximate surface area is 110 Å². The number of aryl methyl sites for hydroxylation is 2. The molecule has 1 amide bonds. The summed E-state index contributed by atoms with van der Waals surface area (Å²) in [5.74, 6) is -0.0637. The Morgan fingerprint density at radius 2 is 2.18 bits per heavy atom. The second-order valence-corrected chi connectivity index (χ2v) is 4.58. The predicted octanol–water partition coefficient (Wildman–Crippen LogP) is 2.25. The summed E-state index contributed by atoms with van der Waals surface area (Å²) in [6.07, 6.45) is 1.61. The van der Waals surface area contributed by atoms with Crippen LogP contribution >= 0.6 is 15.9 Å². The van der Waals surface area contributed by atoms with Gasteiger partial charge in [0.2, 0.25) is 0 Å². The minimum atomic E-state index is -0.0637. The van der Waals surface area contributed by atoms with Gasteiger partial charge in [-0.2, -0.15) is 10.2 Å². The number of rotatable bonds is 5. The highest BCUT2D eigenvalue weighted by Gasteiger charge is 2.15. The largest absolute Gasteiger partial charge is 0.348 e. The molecule has 0 bridgehead atoms. The van der Waals surface area contributed by atoms with Crippen LogP contribution in [0.15, 0.2) is 6.07 Å². The van der Waals surface area contributed by atoms with Gasteiger partial charge >= 0.3 is 0 Å². The van der Waals surface area contributed by atoms with Crippen LogP contribution < -0.4 is 5.32 Å². The summed E-state index contributed by atoms with van der Waals surface area (Å²) in [4.78, 5) is 12.1. The molecule has 0 radical (unpaired) electrons. The molecule has 17 heavy (non-hydrogen) atoms. The van der Waals surface area contributed by atoms with E-state index in [1.807, 2.05) is 20.8 Å². The second kappa shape index (κ2) is 6.69. The van der Waals surface area contributed by atoms with Crippen molar-refractivity contribution in [2.24, 2.45) is 0 Å². The molecule has 94 valence electrons. The Morgan fingerprint density at radius 1 is 1.47 bits per heavy atom. The third-order valence-electron chi connectivity index (χ3n) is 2.59. The summed E-state index contributed by atoms with van der Waals surface area (Å²) in [6.45, 7) is 5.85. The first kappa shape index (κ1) is 14.1. The van der Waals surface area contributed by atoms with Crippen LogP contribution in [0.1, 0.15) is 42.0 Å². The van der Waals surface area contributed by atoms with Gasteiger partial charge < -0.3 is 5.32 Å². The van der Waals surface area contributed by atoms with Crippen LogP contribution in [0.4, 0.5) is 0 Å². The van der Waals surface area contributed by atoms with Crippen molar-refractivity contribution in [3.8, 4) is 0 Å². The molecule has 0 aliphatic carbocycles. The van der Waals surface area contributed by atoms with Gasteiger partial charge in [0.25, 0.3) is 5.91 Å². The number of hydrogen-bond acceptors (Lipinski definition) is 3. The zero-order valence-corrected chi connectivity index (χ0v) is 12.0. The van der Waals surface area contributed by atoms with Gasteiger partial charge in [-0.15, -0.1) is 0 Å². The molecule has 4 nitrogen and oxygen atoms in total. The topological polar surface area (TPSA) is 54.9 Å². The first-order chi connectivity index (χ1) is 8.12. The van der Waals surface area contributed by atoms with Crippen molar-refractivity contribution >= 4 is 21.8 Å². The highest BCUT2D eigenvalue weighted by atomic mass is 79.9. The molecule has 1 atom stereocenters. The van der Waals surface area contributed by atoms with Crippen molar-refractivity contribution in [2.75, 3.05) is 5.33 Å². The maximum Gasteiger partial charge on any atom is 0.253 e. The van der Waals surface area contributed by atoms with Gasteiger partial charge in [-0.1, -0.05) is 29.8 Å². The van der Waals surface area contributed by atoms with Gasteiger partial charge in [0.1, 0.15) is 0 Å². The van der Waals surface area contributed by atoms with E-state index in [-0.39, 0.29) is 11.9 Å². The van der Waals surface area contributed by atoms with E-state index in [0.717, 1.165) is 23.1 Å². The molecular weight excluding hydrogens is 282 g/mol. The summed E-state index contributed by atoms with van der Waals surface area (Å²) in [7, 11) is 0. The van der Waals surface area contributed by atoms with E-state index >= 15 is 0 Å². The lowest BCUT2D eigenvalue weighted by Crippen LogP contribution is -2.36. The zero-order chi connectivity index (χ0) is 12.8. The Bertz CT molecular complexity index is 391. The maximum atomic E-state index is 12.1. The van der Waals surface area contributed by atoms with E-state index in [0.29, 0.717) is 12.0 Å². The molecule has 1 heterocycles. The van der Waals surface area contributed by atoms with E-state index < -0.39 is 0 Å². The van der Waals surface area contributed by atoms with Gasteiger partial charge in [0, 0.05) is 11.4 Å². The fourth-order valence-electron chi connectivity index (χ4n) is 1.48. The number of halogens is 1. The van der Waals surface area contributed by atoms with E-state index in [1.165, 1.54) is 0 Å². The molecule has 0 fully saturated rings. The third-order valence-corrected chi connectivity index (χ3v) is 3.37. The van der Waals surface area contributed by atoms with Crippen LogP contribution in [0, 0.1) is 6.92 Å². The number of carbonyl (C=O) groups excluding carboxylic acids is 1. The number of hydrogen-bond donors (Lipinski definition) is 1. The van der Waals surface area contributed by atoms with Crippen molar-refractivity contribution in [2.45, 2.75) is 39.7 Å². The van der Waals surface area contributed by atoms with E-state index in [1.54, 1.807) is 6.07 Å². The van der Waals surface area contributed by atoms with Crippen LogP contribution in [0.3, 0.4) is 0 Å². The lowest BCUT2D eigenvalue weighted by atomic mass is 10.1. The maximum absolute atomic E-state index is 12.1. The van der Waals surface area contributed by atoms with Crippen LogP contribution in [-0.2, 0) is 6.42 Å². The Balaban J connectivity index is 2.90. The first-order valence-electron chi connectivity index (χ1n) is 5.82. The molecule has 1 N–H and O–H groups in total.